The molecule has 1 heterocycles. The van der Waals surface area contributed by atoms with Gasteiger partial charge in [0.15, 0.2) is 0 Å². The molecule has 3 nitrogen and oxygen atoms in total. The Morgan fingerprint density at radius 2 is 2.11 bits per heavy atom. The van der Waals surface area contributed by atoms with E-state index in [0.717, 1.165) is 31.6 Å². The fourth-order valence-electron chi connectivity index (χ4n) is 3.47. The number of aryl methyl sites for hydroxylation is 1. The van der Waals surface area contributed by atoms with Gasteiger partial charge in [-0.25, -0.2) is 0 Å². The van der Waals surface area contributed by atoms with Crippen LogP contribution in [0.4, 0.5) is 5.69 Å². The van der Waals surface area contributed by atoms with Crippen molar-refractivity contribution in [3.63, 3.8) is 0 Å². The van der Waals surface area contributed by atoms with E-state index in [1.165, 1.54) is 28.6 Å². The summed E-state index contributed by atoms with van der Waals surface area (Å²) in [6.45, 7) is 6.79. The maximum absolute atomic E-state index is 5.94. The van der Waals surface area contributed by atoms with Crippen LogP contribution in [0.3, 0.4) is 0 Å². The molecule has 0 spiro atoms. The molecule has 3 rings (SSSR count). The number of likely N-dealkylation sites (N-methyl/N-ethyl adjacent to an activating group) is 1. The van der Waals surface area contributed by atoms with E-state index in [1.54, 1.807) is 0 Å². The van der Waals surface area contributed by atoms with Crippen molar-refractivity contribution in [2.75, 3.05) is 18.8 Å². The lowest BCUT2D eigenvalue weighted by Gasteiger charge is -2.32. The van der Waals surface area contributed by atoms with Crippen molar-refractivity contribution in [2.45, 2.75) is 39.2 Å². The van der Waals surface area contributed by atoms with E-state index in [9.17, 15) is 0 Å². The van der Waals surface area contributed by atoms with Gasteiger partial charge in [0.05, 0.1) is 0 Å². The Hall–Kier alpha value is -1.48. The number of aromatic amines is 1. The number of hydrogen-bond donors (Lipinski definition) is 2. The van der Waals surface area contributed by atoms with Crippen LogP contribution in [0.25, 0.3) is 10.9 Å². The molecule has 1 aromatic carbocycles. The lowest BCUT2D eigenvalue weighted by atomic mass is 9.90. The zero-order valence-corrected chi connectivity index (χ0v) is 11.9. The first-order valence-electron chi connectivity index (χ1n) is 7.36. The first kappa shape index (κ1) is 12.5. The quantitative estimate of drug-likeness (QED) is 0.830. The molecule has 2 aromatic rings. The Morgan fingerprint density at radius 1 is 1.32 bits per heavy atom. The molecule has 102 valence electrons. The zero-order valence-electron chi connectivity index (χ0n) is 11.9. The van der Waals surface area contributed by atoms with Crippen LogP contribution in [0.1, 0.15) is 31.5 Å². The monoisotopic (exact) mass is 257 g/mol. The molecule has 3 heteroatoms. The fourth-order valence-corrected chi connectivity index (χ4v) is 3.47. The fraction of sp³-hybridized carbons (Fsp3) is 0.500. The summed E-state index contributed by atoms with van der Waals surface area (Å²) in [4.78, 5) is 6.14. The number of nitrogens with one attached hydrogen (secondary N) is 1. The molecule has 0 aliphatic heterocycles. The molecule has 1 aromatic heterocycles. The summed E-state index contributed by atoms with van der Waals surface area (Å²) in [5.74, 6) is 0. The largest absolute Gasteiger partial charge is 0.399 e. The SMILES string of the molecule is CCN(CC)C1CCc2[nH]c3ccc(N)cc3c2C1. The van der Waals surface area contributed by atoms with E-state index in [2.05, 4.69) is 35.9 Å². The smallest absolute Gasteiger partial charge is 0.0460 e. The first-order valence-corrected chi connectivity index (χ1v) is 7.36. The maximum Gasteiger partial charge on any atom is 0.0460 e. The number of benzene rings is 1. The molecule has 0 amide bonds. The van der Waals surface area contributed by atoms with Gasteiger partial charge in [0.25, 0.3) is 0 Å². The second kappa shape index (κ2) is 4.89. The predicted octanol–water partition coefficient (Wildman–Crippen LogP) is 2.95. The van der Waals surface area contributed by atoms with Crippen molar-refractivity contribution in [2.24, 2.45) is 0 Å². The summed E-state index contributed by atoms with van der Waals surface area (Å²) >= 11 is 0. The molecule has 19 heavy (non-hydrogen) atoms. The Balaban J connectivity index is 1.99. The van der Waals surface area contributed by atoms with Gasteiger partial charge in [-0.15, -0.1) is 0 Å². The number of aromatic nitrogens is 1. The minimum Gasteiger partial charge on any atom is -0.399 e. The van der Waals surface area contributed by atoms with E-state index >= 15 is 0 Å². The molecule has 0 saturated heterocycles. The Morgan fingerprint density at radius 3 is 2.84 bits per heavy atom. The average Bonchev–Trinajstić information content (AvgIpc) is 2.78. The third-order valence-corrected chi connectivity index (χ3v) is 4.51. The van der Waals surface area contributed by atoms with Gasteiger partial charge in [-0.2, -0.15) is 0 Å². The van der Waals surface area contributed by atoms with Gasteiger partial charge >= 0.3 is 0 Å². The molecule has 1 atom stereocenters. The van der Waals surface area contributed by atoms with Gasteiger partial charge in [0.2, 0.25) is 0 Å². The summed E-state index contributed by atoms with van der Waals surface area (Å²) < 4.78 is 0. The van der Waals surface area contributed by atoms with E-state index in [0.29, 0.717) is 6.04 Å². The second-order valence-corrected chi connectivity index (χ2v) is 5.50. The van der Waals surface area contributed by atoms with Gasteiger partial charge in [-0.05, 0) is 56.1 Å². The molecule has 0 bridgehead atoms. The van der Waals surface area contributed by atoms with Gasteiger partial charge in [0.1, 0.15) is 0 Å². The predicted molar refractivity (Wildman–Crippen MR) is 81.4 cm³/mol. The average molecular weight is 257 g/mol. The minimum absolute atomic E-state index is 0.683. The molecule has 0 saturated carbocycles. The van der Waals surface area contributed by atoms with E-state index in [1.807, 2.05) is 6.07 Å². The van der Waals surface area contributed by atoms with Crippen LogP contribution < -0.4 is 5.73 Å². The number of nitrogens with two attached hydrogens (primary N) is 1. The van der Waals surface area contributed by atoms with Crippen LogP contribution in [0.5, 0.6) is 0 Å². The topological polar surface area (TPSA) is 45.0 Å². The standard InChI is InChI=1S/C16H23N3/c1-3-19(4-2)12-6-8-16-14(10-12)13-9-11(17)5-7-15(13)18-16/h5,7,9,12,18H,3-4,6,8,10,17H2,1-2H3. The second-order valence-electron chi connectivity index (χ2n) is 5.50. The highest BCUT2D eigenvalue weighted by Crippen LogP contribution is 2.31. The highest BCUT2D eigenvalue weighted by Gasteiger charge is 2.25. The van der Waals surface area contributed by atoms with Crippen LogP contribution in [-0.2, 0) is 12.8 Å². The van der Waals surface area contributed by atoms with E-state index in [-0.39, 0.29) is 0 Å². The Bertz CT molecular complexity index is 581. The summed E-state index contributed by atoms with van der Waals surface area (Å²) in [7, 11) is 0. The highest BCUT2D eigenvalue weighted by atomic mass is 15.1. The normalized spacial score (nSPS) is 19.0. The van der Waals surface area contributed by atoms with Gasteiger partial charge in [-0.1, -0.05) is 13.8 Å². The summed E-state index contributed by atoms with van der Waals surface area (Å²) in [6, 6.07) is 6.89. The number of H-pyrrole nitrogens is 1. The number of rotatable bonds is 3. The lowest BCUT2D eigenvalue weighted by Crippen LogP contribution is -2.38. The van der Waals surface area contributed by atoms with Crippen molar-refractivity contribution >= 4 is 16.6 Å². The third kappa shape index (κ3) is 2.12. The van der Waals surface area contributed by atoms with Crippen molar-refractivity contribution in [3.8, 4) is 0 Å². The summed E-state index contributed by atoms with van der Waals surface area (Å²) in [5, 5.41) is 1.33. The van der Waals surface area contributed by atoms with Crippen LogP contribution >= 0.6 is 0 Å². The van der Waals surface area contributed by atoms with Crippen LogP contribution in [-0.4, -0.2) is 29.0 Å². The Kier molecular flexibility index (Phi) is 3.23. The number of anilines is 1. The highest BCUT2D eigenvalue weighted by molar-refractivity contribution is 5.87. The van der Waals surface area contributed by atoms with Gasteiger partial charge < -0.3 is 15.6 Å². The van der Waals surface area contributed by atoms with Crippen LogP contribution in [0, 0.1) is 0 Å². The maximum atomic E-state index is 5.94. The lowest BCUT2D eigenvalue weighted by molar-refractivity contribution is 0.199. The molecule has 1 aliphatic rings. The molecule has 1 aliphatic carbocycles. The first-order chi connectivity index (χ1) is 9.22. The van der Waals surface area contributed by atoms with Crippen molar-refractivity contribution in [1.82, 2.24) is 9.88 Å². The van der Waals surface area contributed by atoms with Crippen LogP contribution in [0.15, 0.2) is 18.2 Å². The summed E-state index contributed by atoms with van der Waals surface area (Å²) in [6.07, 6.45) is 3.57. The summed E-state index contributed by atoms with van der Waals surface area (Å²) in [5.41, 5.74) is 10.9. The van der Waals surface area contributed by atoms with Gasteiger partial charge in [0, 0.05) is 28.3 Å². The molecule has 1 unspecified atom stereocenters. The van der Waals surface area contributed by atoms with Gasteiger partial charge in [-0.3, -0.25) is 0 Å². The number of nitrogen functional groups attached to an aromatic ring is 1. The van der Waals surface area contributed by atoms with Crippen molar-refractivity contribution < 1.29 is 0 Å². The third-order valence-electron chi connectivity index (χ3n) is 4.51. The number of hydrogen-bond acceptors (Lipinski definition) is 2. The number of nitrogens with zero attached hydrogens (tertiary/aromatic N) is 1. The van der Waals surface area contributed by atoms with E-state index < -0.39 is 0 Å². The van der Waals surface area contributed by atoms with Crippen molar-refractivity contribution in [3.05, 3.63) is 29.5 Å². The number of fused-ring (bicyclic) bond motifs is 3. The Labute approximate surface area is 114 Å². The van der Waals surface area contributed by atoms with Crippen molar-refractivity contribution in [1.29, 1.82) is 0 Å². The minimum atomic E-state index is 0.683. The molecular weight excluding hydrogens is 234 g/mol. The molecular formula is C16H23N3. The van der Waals surface area contributed by atoms with Crippen LogP contribution in [0.2, 0.25) is 0 Å². The molecule has 0 fully saturated rings. The molecule has 0 radical (unpaired) electrons. The molecule has 3 N–H and O–H groups in total. The van der Waals surface area contributed by atoms with E-state index in [4.69, 9.17) is 5.73 Å². The zero-order chi connectivity index (χ0) is 13.4.